The summed E-state index contributed by atoms with van der Waals surface area (Å²) >= 11 is 0. The topological polar surface area (TPSA) is 83.4 Å². The Hall–Kier alpha value is -3.85. The van der Waals surface area contributed by atoms with E-state index in [0.717, 1.165) is 58.4 Å². The molecule has 2 aromatic carbocycles. The Kier molecular flexibility index (Phi) is 6.76. The average Bonchev–Trinajstić information content (AvgIpc) is 3.63. The summed E-state index contributed by atoms with van der Waals surface area (Å²) in [6.45, 7) is 4.64. The van der Waals surface area contributed by atoms with Crippen molar-refractivity contribution >= 4 is 33.9 Å². The van der Waals surface area contributed by atoms with Crippen LogP contribution in [0.5, 0.6) is 5.75 Å². The van der Waals surface area contributed by atoms with Gasteiger partial charge in [0, 0.05) is 56.4 Å². The number of aromatic nitrogens is 4. The molecule has 6 rings (SSSR count). The number of aryl methyl sites for hydroxylation is 1. The van der Waals surface area contributed by atoms with E-state index in [0.29, 0.717) is 5.95 Å². The normalized spacial score (nSPS) is 16.8. The number of methoxy groups -OCH3 is 1. The summed E-state index contributed by atoms with van der Waals surface area (Å²) in [5.41, 5.74) is 6.02. The van der Waals surface area contributed by atoms with E-state index in [2.05, 4.69) is 60.8 Å². The van der Waals surface area contributed by atoms with Gasteiger partial charge >= 0.3 is 0 Å². The highest BCUT2D eigenvalue weighted by Gasteiger charge is 2.28. The molecule has 2 aliphatic heterocycles. The number of nitrogens with zero attached hydrogens (tertiary/aromatic N) is 6. The number of hydrogen-bond acceptors (Lipinski definition) is 8. The summed E-state index contributed by atoms with van der Waals surface area (Å²) < 4.78 is 7.70. The Bertz CT molecular complexity index is 1420. The van der Waals surface area contributed by atoms with Crippen molar-refractivity contribution < 1.29 is 4.74 Å². The average molecular weight is 513 g/mol. The molecule has 2 fully saturated rings. The fourth-order valence-electron chi connectivity index (χ4n) is 5.90. The highest BCUT2D eigenvalue weighted by Crippen LogP contribution is 2.39. The second kappa shape index (κ2) is 10.5. The molecule has 9 nitrogen and oxygen atoms in total. The Morgan fingerprint density at radius 3 is 2.55 bits per heavy atom. The third-order valence-corrected chi connectivity index (χ3v) is 7.99. The van der Waals surface area contributed by atoms with Crippen molar-refractivity contribution in [2.75, 3.05) is 55.9 Å². The number of hydrogen-bond donors (Lipinski definition) is 2. The molecule has 0 atom stereocenters. The molecule has 4 heterocycles. The largest absolute Gasteiger partial charge is 0.494 e. The molecule has 198 valence electrons. The number of benzene rings is 2. The molecule has 0 amide bonds. The highest BCUT2D eigenvalue weighted by molar-refractivity contribution is 5.84. The summed E-state index contributed by atoms with van der Waals surface area (Å²) in [6.07, 6.45) is 8.76. The minimum absolute atomic E-state index is 0.522. The molecule has 0 radical (unpaired) electrons. The van der Waals surface area contributed by atoms with E-state index in [-0.39, 0.29) is 0 Å². The van der Waals surface area contributed by atoms with Crippen LogP contribution < -0.4 is 20.3 Å². The molecule has 2 aromatic heterocycles. The van der Waals surface area contributed by atoms with Gasteiger partial charge in [-0.15, -0.1) is 0 Å². The quantitative estimate of drug-likeness (QED) is 0.362. The maximum Gasteiger partial charge on any atom is 0.227 e. The van der Waals surface area contributed by atoms with E-state index in [1.807, 2.05) is 31.0 Å². The Morgan fingerprint density at radius 2 is 1.79 bits per heavy atom. The SMILES string of the molecule is CNc1cc(Nc2nccc(-c3ccc4c(cnn4C)c3)n2)c(OC)cc1N1CCC(N2CCCC2)CC1. The number of fused-ring (bicyclic) bond motifs is 1. The van der Waals surface area contributed by atoms with E-state index in [1.54, 1.807) is 13.3 Å². The van der Waals surface area contributed by atoms with E-state index in [1.165, 1.54) is 44.5 Å². The van der Waals surface area contributed by atoms with Gasteiger partial charge < -0.3 is 25.2 Å². The fourth-order valence-corrected chi connectivity index (χ4v) is 5.90. The van der Waals surface area contributed by atoms with Crippen molar-refractivity contribution in [3.05, 3.63) is 48.8 Å². The van der Waals surface area contributed by atoms with Crippen LogP contribution in [-0.4, -0.2) is 71.0 Å². The molecule has 38 heavy (non-hydrogen) atoms. The lowest BCUT2D eigenvalue weighted by Crippen LogP contribution is -2.44. The predicted octanol–water partition coefficient (Wildman–Crippen LogP) is 4.89. The second-order valence-electron chi connectivity index (χ2n) is 10.2. The lowest BCUT2D eigenvalue weighted by Gasteiger charge is -2.38. The molecule has 0 saturated carbocycles. The number of likely N-dealkylation sites (tertiary alicyclic amines) is 1. The minimum Gasteiger partial charge on any atom is -0.494 e. The molecular weight excluding hydrogens is 476 g/mol. The lowest BCUT2D eigenvalue weighted by molar-refractivity contribution is 0.208. The van der Waals surface area contributed by atoms with Crippen LogP contribution in [0.4, 0.5) is 23.0 Å². The molecule has 2 aliphatic rings. The first-order valence-corrected chi connectivity index (χ1v) is 13.5. The molecule has 9 heteroatoms. The van der Waals surface area contributed by atoms with Crippen LogP contribution in [0.25, 0.3) is 22.2 Å². The Balaban J connectivity index is 1.23. The molecule has 2 N–H and O–H groups in total. The number of ether oxygens (including phenoxy) is 1. The van der Waals surface area contributed by atoms with E-state index in [4.69, 9.17) is 9.72 Å². The zero-order valence-corrected chi connectivity index (χ0v) is 22.4. The number of piperidine rings is 1. The predicted molar refractivity (Wildman–Crippen MR) is 154 cm³/mol. The molecule has 0 aliphatic carbocycles. The van der Waals surface area contributed by atoms with Crippen LogP contribution in [0.1, 0.15) is 25.7 Å². The van der Waals surface area contributed by atoms with Crippen LogP contribution in [0.15, 0.2) is 48.8 Å². The zero-order chi connectivity index (χ0) is 26.1. The van der Waals surface area contributed by atoms with E-state index < -0.39 is 0 Å². The molecule has 4 aromatic rings. The van der Waals surface area contributed by atoms with Crippen molar-refractivity contribution in [3.63, 3.8) is 0 Å². The number of anilines is 4. The number of rotatable bonds is 7. The van der Waals surface area contributed by atoms with Crippen molar-refractivity contribution in [1.82, 2.24) is 24.6 Å². The molecule has 0 bridgehead atoms. The smallest absolute Gasteiger partial charge is 0.227 e. The fraction of sp³-hybridized carbons (Fsp3) is 0.414. The summed E-state index contributed by atoms with van der Waals surface area (Å²) in [5.74, 6) is 1.29. The first-order chi connectivity index (χ1) is 18.6. The van der Waals surface area contributed by atoms with Gasteiger partial charge in [0.25, 0.3) is 0 Å². The minimum atomic E-state index is 0.522. The molecular formula is C29H36N8O. The van der Waals surface area contributed by atoms with Crippen molar-refractivity contribution in [3.8, 4) is 17.0 Å². The summed E-state index contributed by atoms with van der Waals surface area (Å²) in [7, 11) is 5.63. The second-order valence-corrected chi connectivity index (χ2v) is 10.2. The summed E-state index contributed by atoms with van der Waals surface area (Å²) in [5, 5.41) is 12.2. The lowest BCUT2D eigenvalue weighted by atomic mass is 10.0. The first kappa shape index (κ1) is 24.5. The van der Waals surface area contributed by atoms with Crippen LogP contribution in [0, 0.1) is 0 Å². The first-order valence-electron chi connectivity index (χ1n) is 13.5. The van der Waals surface area contributed by atoms with Gasteiger partial charge in [0.15, 0.2) is 0 Å². The standard InChI is InChI=1S/C29H36N8O/c1-30-24-17-25(28(38-3)18-27(24)37-14-9-22(10-15-37)36-12-4-5-13-36)34-29-31-11-8-23(33-29)20-6-7-26-21(16-20)19-32-35(26)2/h6-8,11,16-19,22,30H,4-5,9-10,12-15H2,1-3H3,(H,31,33,34). The summed E-state index contributed by atoms with van der Waals surface area (Å²) in [6, 6.07) is 13.1. The van der Waals surface area contributed by atoms with Gasteiger partial charge in [-0.05, 0) is 63.0 Å². The van der Waals surface area contributed by atoms with Gasteiger partial charge in [0.05, 0.1) is 41.6 Å². The van der Waals surface area contributed by atoms with Gasteiger partial charge in [-0.25, -0.2) is 9.97 Å². The third kappa shape index (κ3) is 4.74. The highest BCUT2D eigenvalue weighted by atomic mass is 16.5. The van der Waals surface area contributed by atoms with Crippen LogP contribution in [0.3, 0.4) is 0 Å². The van der Waals surface area contributed by atoms with Crippen LogP contribution >= 0.6 is 0 Å². The van der Waals surface area contributed by atoms with Gasteiger partial charge in [-0.3, -0.25) is 4.68 Å². The Morgan fingerprint density at radius 1 is 0.974 bits per heavy atom. The monoisotopic (exact) mass is 512 g/mol. The van der Waals surface area contributed by atoms with E-state index in [9.17, 15) is 0 Å². The maximum absolute atomic E-state index is 5.83. The van der Waals surface area contributed by atoms with Gasteiger partial charge in [-0.2, -0.15) is 5.10 Å². The zero-order valence-electron chi connectivity index (χ0n) is 22.4. The maximum atomic E-state index is 5.83. The van der Waals surface area contributed by atoms with Gasteiger partial charge in [0.2, 0.25) is 5.95 Å². The van der Waals surface area contributed by atoms with Crippen molar-refractivity contribution in [2.24, 2.45) is 7.05 Å². The van der Waals surface area contributed by atoms with Crippen molar-refractivity contribution in [2.45, 2.75) is 31.7 Å². The molecule has 0 unspecified atom stereocenters. The van der Waals surface area contributed by atoms with Crippen LogP contribution in [0.2, 0.25) is 0 Å². The Labute approximate surface area is 223 Å². The van der Waals surface area contributed by atoms with Crippen LogP contribution in [-0.2, 0) is 7.05 Å². The van der Waals surface area contributed by atoms with E-state index >= 15 is 0 Å². The van der Waals surface area contributed by atoms with Gasteiger partial charge in [0.1, 0.15) is 5.75 Å². The molecule has 0 spiro atoms. The van der Waals surface area contributed by atoms with Crippen molar-refractivity contribution in [1.29, 1.82) is 0 Å². The summed E-state index contributed by atoms with van der Waals surface area (Å²) in [4.78, 5) is 14.5. The van der Waals surface area contributed by atoms with Gasteiger partial charge in [-0.1, -0.05) is 6.07 Å². The number of nitrogens with one attached hydrogen (secondary N) is 2. The third-order valence-electron chi connectivity index (χ3n) is 7.99. The molecule has 2 saturated heterocycles.